The first kappa shape index (κ1) is 36.9. The van der Waals surface area contributed by atoms with E-state index in [1.165, 1.54) is 116 Å². The largest absolute Gasteiger partial charge is 0.416 e. The van der Waals surface area contributed by atoms with E-state index in [4.69, 9.17) is 0 Å². The van der Waals surface area contributed by atoms with Gasteiger partial charge in [0.2, 0.25) is 0 Å². The van der Waals surface area contributed by atoms with Gasteiger partial charge in [-0.05, 0) is 25.7 Å². The van der Waals surface area contributed by atoms with Gasteiger partial charge in [-0.15, -0.1) is 0 Å². The van der Waals surface area contributed by atoms with Crippen molar-refractivity contribution in [2.45, 2.75) is 142 Å². The normalized spacial score (nSPS) is 12.1. The first-order chi connectivity index (χ1) is 18.2. The van der Waals surface area contributed by atoms with E-state index in [1.54, 1.807) is 0 Å². The number of carbonyl (C=O) groups excluding carboxylic acids is 2. The van der Waals surface area contributed by atoms with E-state index in [9.17, 15) is 9.59 Å². The van der Waals surface area contributed by atoms with Crippen molar-refractivity contribution in [2.24, 2.45) is 0 Å². The second-order valence-electron chi connectivity index (χ2n) is 12.6. The van der Waals surface area contributed by atoms with Gasteiger partial charge in [0.25, 0.3) is 0 Å². The molecule has 0 radical (unpaired) electrons. The highest BCUT2D eigenvalue weighted by Crippen LogP contribution is 2.13. The molecule has 0 aromatic carbocycles. The molecule has 0 saturated heterocycles. The summed E-state index contributed by atoms with van der Waals surface area (Å²) in [5.74, 6) is 0. The molecular formula is C32H68N4O2+2. The van der Waals surface area contributed by atoms with Crippen LogP contribution in [0.2, 0.25) is 0 Å². The Labute approximate surface area is 237 Å². The lowest BCUT2D eigenvalue weighted by atomic mass is 10.1. The van der Waals surface area contributed by atoms with Gasteiger partial charge in [-0.3, -0.25) is 0 Å². The first-order valence-electron chi connectivity index (χ1n) is 16.4. The number of carbonyl (C=O) groups is 2. The molecule has 0 aliphatic carbocycles. The Morgan fingerprint density at radius 1 is 0.421 bits per heavy atom. The van der Waals surface area contributed by atoms with Crippen molar-refractivity contribution in [3.63, 3.8) is 0 Å². The maximum atomic E-state index is 12.7. The molecule has 6 nitrogen and oxygen atoms in total. The zero-order valence-corrected chi connectivity index (χ0v) is 26.7. The Morgan fingerprint density at radius 3 is 0.921 bits per heavy atom. The molecule has 0 aliphatic rings. The van der Waals surface area contributed by atoms with E-state index in [1.807, 2.05) is 28.2 Å². The maximum Gasteiger partial charge on any atom is 0.416 e. The van der Waals surface area contributed by atoms with Gasteiger partial charge in [0.15, 0.2) is 0 Å². The number of nitrogens with zero attached hydrogens (tertiary/aromatic N) is 2. The highest BCUT2D eigenvalue weighted by Gasteiger charge is 2.27. The lowest BCUT2D eigenvalue weighted by molar-refractivity contribution is -0.809. The van der Waals surface area contributed by atoms with Gasteiger partial charge in [-0.2, -0.15) is 0 Å². The van der Waals surface area contributed by atoms with E-state index < -0.39 is 0 Å². The Morgan fingerprint density at radius 2 is 0.658 bits per heavy atom. The molecule has 0 heterocycles. The molecule has 0 fully saturated rings. The number of unbranched alkanes of at least 4 members (excludes halogenated alkanes) is 18. The second kappa shape index (κ2) is 23.7. The molecule has 0 atom stereocenters. The van der Waals surface area contributed by atoms with Crippen molar-refractivity contribution >= 4 is 12.1 Å². The molecule has 0 aromatic rings. The molecule has 0 rings (SSSR count). The van der Waals surface area contributed by atoms with Gasteiger partial charge in [-0.1, -0.05) is 117 Å². The van der Waals surface area contributed by atoms with Crippen molar-refractivity contribution < 1.29 is 18.6 Å². The molecule has 0 unspecified atom stereocenters. The van der Waals surface area contributed by atoms with Crippen LogP contribution in [0.25, 0.3) is 0 Å². The molecule has 0 spiro atoms. The summed E-state index contributed by atoms with van der Waals surface area (Å²) in [5.41, 5.74) is 0. The van der Waals surface area contributed by atoms with Gasteiger partial charge in [0.1, 0.15) is 0 Å². The van der Waals surface area contributed by atoms with Crippen LogP contribution >= 0.6 is 0 Å². The summed E-state index contributed by atoms with van der Waals surface area (Å²) >= 11 is 0. The molecule has 4 amide bonds. The lowest BCUT2D eigenvalue weighted by Gasteiger charge is -2.28. The van der Waals surface area contributed by atoms with Crippen LogP contribution in [0.4, 0.5) is 9.59 Å². The minimum atomic E-state index is 0.0364. The standard InChI is InChI=1S/C32H66N4O2/c1-7-9-11-13-15-17-19-21-23-25-29-35(3,4)31(37)33-27-28-34-32(38)36(5,6)30-26-24-22-20-18-16-14-12-10-8-2/h7-30H2,1-6H3/p+2. The zero-order chi connectivity index (χ0) is 28.5. The Hall–Kier alpha value is -1.14. The number of urea groups is 2. The predicted molar refractivity (Wildman–Crippen MR) is 164 cm³/mol. The summed E-state index contributed by atoms with van der Waals surface area (Å²) < 4.78 is 0.705. The van der Waals surface area contributed by atoms with Gasteiger partial charge in [-0.25, -0.2) is 18.6 Å². The van der Waals surface area contributed by atoms with Gasteiger partial charge in [0.05, 0.1) is 41.3 Å². The van der Waals surface area contributed by atoms with E-state index in [0.717, 1.165) is 25.9 Å². The number of rotatable bonds is 25. The summed E-state index contributed by atoms with van der Waals surface area (Å²) in [6.07, 6.45) is 26.1. The number of amides is 4. The molecule has 0 aliphatic heterocycles. The third-order valence-corrected chi connectivity index (χ3v) is 7.92. The van der Waals surface area contributed by atoms with Crippen LogP contribution < -0.4 is 10.6 Å². The molecule has 38 heavy (non-hydrogen) atoms. The molecule has 6 heteroatoms. The fourth-order valence-corrected chi connectivity index (χ4v) is 4.96. The second-order valence-corrected chi connectivity index (χ2v) is 12.6. The summed E-state index contributed by atoms with van der Waals surface area (Å²) in [6, 6.07) is 0.0728. The van der Waals surface area contributed by atoms with Crippen LogP contribution in [0, 0.1) is 0 Å². The van der Waals surface area contributed by atoms with Crippen LogP contribution in [0.1, 0.15) is 142 Å². The number of hydrogen-bond acceptors (Lipinski definition) is 2. The van der Waals surface area contributed by atoms with Crippen LogP contribution in [-0.2, 0) is 0 Å². The fraction of sp³-hybridized carbons (Fsp3) is 0.938. The van der Waals surface area contributed by atoms with Crippen LogP contribution in [0.5, 0.6) is 0 Å². The summed E-state index contributed by atoms with van der Waals surface area (Å²) in [4.78, 5) is 25.3. The monoisotopic (exact) mass is 541 g/mol. The fourth-order valence-electron chi connectivity index (χ4n) is 4.96. The topological polar surface area (TPSA) is 58.2 Å². The Kier molecular flexibility index (Phi) is 23.0. The van der Waals surface area contributed by atoms with E-state index in [-0.39, 0.29) is 12.1 Å². The average molecular weight is 541 g/mol. The maximum absolute atomic E-state index is 12.7. The van der Waals surface area contributed by atoms with Gasteiger partial charge >= 0.3 is 12.1 Å². The van der Waals surface area contributed by atoms with Crippen LogP contribution in [0.3, 0.4) is 0 Å². The van der Waals surface area contributed by atoms with Crippen LogP contribution in [0.15, 0.2) is 0 Å². The average Bonchev–Trinajstić information content (AvgIpc) is 2.88. The van der Waals surface area contributed by atoms with E-state index >= 15 is 0 Å². The lowest BCUT2D eigenvalue weighted by Crippen LogP contribution is -2.55. The third kappa shape index (κ3) is 20.8. The molecule has 2 N–H and O–H groups in total. The van der Waals surface area contributed by atoms with Crippen molar-refractivity contribution in [1.29, 1.82) is 0 Å². The molecule has 0 saturated carbocycles. The number of quaternary nitrogens is 2. The Balaban J connectivity index is 3.84. The Bertz CT molecular complexity index is 528. The third-order valence-electron chi connectivity index (χ3n) is 7.92. The highest BCUT2D eigenvalue weighted by atomic mass is 16.2. The summed E-state index contributed by atoms with van der Waals surface area (Å²) in [5, 5.41) is 6.03. The predicted octanol–water partition coefficient (Wildman–Crippen LogP) is 8.40. The minimum absolute atomic E-state index is 0.0364. The summed E-state index contributed by atoms with van der Waals surface area (Å²) in [7, 11) is 7.92. The highest BCUT2D eigenvalue weighted by molar-refractivity contribution is 5.67. The number of hydrogen-bond donors (Lipinski definition) is 2. The summed E-state index contributed by atoms with van der Waals surface area (Å²) in [6.45, 7) is 7.19. The SMILES string of the molecule is CCCCCCCCCCCC[N+](C)(C)C(=O)NCCNC(=O)[N+](C)(C)CCCCCCCCCCCC. The zero-order valence-electron chi connectivity index (χ0n) is 26.7. The van der Waals surface area contributed by atoms with Crippen molar-refractivity contribution in [1.82, 2.24) is 10.6 Å². The van der Waals surface area contributed by atoms with Gasteiger partial charge in [0, 0.05) is 13.1 Å². The molecular weight excluding hydrogens is 472 g/mol. The quantitative estimate of drug-likeness (QED) is 0.0902. The van der Waals surface area contributed by atoms with E-state index in [2.05, 4.69) is 24.5 Å². The molecule has 226 valence electrons. The minimum Gasteiger partial charge on any atom is -0.304 e. The van der Waals surface area contributed by atoms with Crippen LogP contribution in [-0.4, -0.2) is 75.4 Å². The van der Waals surface area contributed by atoms with Crippen molar-refractivity contribution in [3.05, 3.63) is 0 Å². The van der Waals surface area contributed by atoms with Gasteiger partial charge < -0.3 is 10.6 Å². The molecule has 0 aromatic heterocycles. The molecule has 0 bridgehead atoms. The number of nitrogens with one attached hydrogen (secondary N) is 2. The smallest absolute Gasteiger partial charge is 0.304 e. The van der Waals surface area contributed by atoms with E-state index in [0.29, 0.717) is 22.1 Å². The van der Waals surface area contributed by atoms with Crippen molar-refractivity contribution in [3.8, 4) is 0 Å². The first-order valence-corrected chi connectivity index (χ1v) is 16.4. The van der Waals surface area contributed by atoms with Crippen molar-refractivity contribution in [2.75, 3.05) is 54.4 Å².